The summed E-state index contributed by atoms with van der Waals surface area (Å²) < 4.78 is 5.13. The van der Waals surface area contributed by atoms with Crippen LogP contribution in [-0.4, -0.2) is 7.11 Å². The van der Waals surface area contributed by atoms with Gasteiger partial charge in [-0.1, -0.05) is 23.7 Å². The van der Waals surface area contributed by atoms with E-state index in [-0.39, 0.29) is 5.03 Å². The van der Waals surface area contributed by atoms with Crippen LogP contribution in [-0.2, 0) is 0 Å². The lowest BCUT2D eigenvalue weighted by atomic mass is 10.0. The lowest BCUT2D eigenvalue weighted by Gasteiger charge is -2.07. The van der Waals surface area contributed by atoms with E-state index < -0.39 is 0 Å². The summed E-state index contributed by atoms with van der Waals surface area (Å²) in [5.74, 6) is 0.729. The summed E-state index contributed by atoms with van der Waals surface area (Å²) in [5.41, 5.74) is 7.32. The molecule has 1 aromatic rings. The standard InChI is InChI=1S/C13H13ClN2O/c1-9(12(7-15)13(14)8-16)10-4-3-5-11(6-10)17-2/h3-6,8H,16H2,1-2H3/b12-9+,13-8+. The number of allylic oxidation sites excluding steroid dienone is 3. The highest BCUT2D eigenvalue weighted by atomic mass is 35.5. The molecule has 0 radical (unpaired) electrons. The number of benzene rings is 1. The van der Waals surface area contributed by atoms with Crippen LogP contribution in [0.2, 0.25) is 0 Å². The molecule has 0 saturated heterocycles. The van der Waals surface area contributed by atoms with Crippen molar-refractivity contribution in [2.45, 2.75) is 6.92 Å². The minimum absolute atomic E-state index is 0.243. The molecule has 0 spiro atoms. The van der Waals surface area contributed by atoms with Crippen LogP contribution in [0.3, 0.4) is 0 Å². The van der Waals surface area contributed by atoms with Gasteiger partial charge in [0.05, 0.1) is 17.7 Å². The molecule has 0 aliphatic heterocycles. The predicted octanol–water partition coefficient (Wildman–Crippen LogP) is 3.03. The Kier molecular flexibility index (Phi) is 4.62. The third-order valence-electron chi connectivity index (χ3n) is 2.37. The van der Waals surface area contributed by atoms with Crippen LogP contribution in [0.25, 0.3) is 5.57 Å². The van der Waals surface area contributed by atoms with Crippen LogP contribution in [0.4, 0.5) is 0 Å². The van der Waals surface area contributed by atoms with Gasteiger partial charge in [0.15, 0.2) is 0 Å². The van der Waals surface area contributed by atoms with Crippen molar-refractivity contribution in [2.24, 2.45) is 5.73 Å². The van der Waals surface area contributed by atoms with E-state index in [0.717, 1.165) is 16.9 Å². The number of nitrogens with zero attached hydrogens (tertiary/aromatic N) is 1. The molecule has 0 aliphatic carbocycles. The normalized spacial score (nSPS) is 12.7. The molecule has 0 unspecified atom stereocenters. The Morgan fingerprint density at radius 1 is 1.53 bits per heavy atom. The van der Waals surface area contributed by atoms with Crippen molar-refractivity contribution in [3.05, 3.63) is 46.6 Å². The Bertz CT molecular complexity index is 512. The largest absolute Gasteiger partial charge is 0.497 e. The molecule has 3 nitrogen and oxygen atoms in total. The van der Waals surface area contributed by atoms with Gasteiger partial charge < -0.3 is 10.5 Å². The van der Waals surface area contributed by atoms with E-state index in [1.54, 1.807) is 7.11 Å². The maximum absolute atomic E-state index is 9.07. The van der Waals surface area contributed by atoms with E-state index >= 15 is 0 Å². The van der Waals surface area contributed by atoms with Gasteiger partial charge >= 0.3 is 0 Å². The van der Waals surface area contributed by atoms with Crippen molar-refractivity contribution in [1.82, 2.24) is 0 Å². The van der Waals surface area contributed by atoms with E-state index in [9.17, 15) is 0 Å². The summed E-state index contributed by atoms with van der Waals surface area (Å²) in [5, 5.41) is 9.31. The van der Waals surface area contributed by atoms with Crippen LogP contribution in [0, 0.1) is 11.3 Å². The fourth-order valence-corrected chi connectivity index (χ4v) is 1.58. The summed E-state index contributed by atoms with van der Waals surface area (Å²) in [4.78, 5) is 0. The van der Waals surface area contributed by atoms with Gasteiger partial charge in [0.2, 0.25) is 0 Å². The Labute approximate surface area is 106 Å². The first-order chi connectivity index (χ1) is 8.13. The van der Waals surface area contributed by atoms with Crippen molar-refractivity contribution < 1.29 is 4.74 Å². The quantitative estimate of drug-likeness (QED) is 0.661. The van der Waals surface area contributed by atoms with Gasteiger partial charge in [-0.05, 0) is 30.2 Å². The molecule has 1 aromatic carbocycles. The maximum Gasteiger partial charge on any atom is 0.119 e. The SMILES string of the molecule is COc1cccc(/C(C)=C(C#N)/C(Cl)=C\N)c1. The molecule has 0 fully saturated rings. The third kappa shape index (κ3) is 3.02. The summed E-state index contributed by atoms with van der Waals surface area (Å²) in [6, 6.07) is 9.46. The highest BCUT2D eigenvalue weighted by Gasteiger charge is 2.08. The van der Waals surface area contributed by atoms with Crippen LogP contribution in [0.1, 0.15) is 12.5 Å². The van der Waals surface area contributed by atoms with Gasteiger partial charge in [0.1, 0.15) is 11.8 Å². The van der Waals surface area contributed by atoms with Crippen molar-refractivity contribution in [1.29, 1.82) is 5.26 Å². The Balaban J connectivity index is 3.31. The number of hydrogen-bond donors (Lipinski definition) is 1. The summed E-state index contributed by atoms with van der Waals surface area (Å²) in [6.07, 6.45) is 1.21. The first-order valence-corrected chi connectivity index (χ1v) is 5.35. The zero-order valence-corrected chi connectivity index (χ0v) is 10.5. The number of nitriles is 1. The third-order valence-corrected chi connectivity index (χ3v) is 2.69. The molecule has 0 atom stereocenters. The van der Waals surface area contributed by atoms with Crippen LogP contribution in [0.15, 0.2) is 41.1 Å². The average molecular weight is 249 g/mol. The molecule has 17 heavy (non-hydrogen) atoms. The Hall–Kier alpha value is -1.92. The summed E-state index contributed by atoms with van der Waals surface area (Å²) in [6.45, 7) is 1.82. The molecule has 88 valence electrons. The number of ether oxygens (including phenoxy) is 1. The Morgan fingerprint density at radius 3 is 2.76 bits per heavy atom. The van der Waals surface area contributed by atoms with Crippen LogP contribution in [0.5, 0.6) is 5.75 Å². The van der Waals surface area contributed by atoms with Gasteiger partial charge in [-0.25, -0.2) is 0 Å². The molecule has 4 heteroatoms. The summed E-state index contributed by atoms with van der Waals surface area (Å²) >= 11 is 5.87. The zero-order valence-electron chi connectivity index (χ0n) is 9.70. The monoisotopic (exact) mass is 248 g/mol. The molecule has 0 saturated carbocycles. The predicted molar refractivity (Wildman–Crippen MR) is 69.3 cm³/mol. The molecular formula is C13H13ClN2O. The number of halogens is 1. The summed E-state index contributed by atoms with van der Waals surface area (Å²) in [7, 11) is 1.59. The number of nitrogens with two attached hydrogens (primary N) is 1. The molecule has 0 heterocycles. The second-order valence-electron chi connectivity index (χ2n) is 3.36. The minimum atomic E-state index is 0.243. The van der Waals surface area contributed by atoms with Gasteiger partial charge in [0, 0.05) is 6.20 Å². The van der Waals surface area contributed by atoms with E-state index in [1.807, 2.05) is 37.3 Å². The number of rotatable bonds is 3. The van der Waals surface area contributed by atoms with E-state index in [1.165, 1.54) is 6.20 Å². The Morgan fingerprint density at radius 2 is 2.24 bits per heavy atom. The van der Waals surface area contributed by atoms with Gasteiger partial charge in [0.25, 0.3) is 0 Å². The maximum atomic E-state index is 9.07. The highest BCUT2D eigenvalue weighted by Crippen LogP contribution is 2.26. The molecule has 1 rings (SSSR count). The molecule has 0 aliphatic rings. The lowest BCUT2D eigenvalue weighted by Crippen LogP contribution is -1.91. The second kappa shape index (κ2) is 5.97. The van der Waals surface area contributed by atoms with Crippen LogP contribution >= 0.6 is 11.6 Å². The molecule has 2 N–H and O–H groups in total. The molecule has 0 aromatic heterocycles. The fraction of sp³-hybridized carbons (Fsp3) is 0.154. The van der Waals surface area contributed by atoms with Crippen molar-refractivity contribution >= 4 is 17.2 Å². The topological polar surface area (TPSA) is 59.0 Å². The van der Waals surface area contributed by atoms with Crippen molar-refractivity contribution in [3.63, 3.8) is 0 Å². The van der Waals surface area contributed by atoms with Crippen LogP contribution < -0.4 is 10.5 Å². The van der Waals surface area contributed by atoms with E-state index in [0.29, 0.717) is 5.57 Å². The van der Waals surface area contributed by atoms with Gasteiger partial charge in [-0.15, -0.1) is 0 Å². The molecular weight excluding hydrogens is 236 g/mol. The minimum Gasteiger partial charge on any atom is -0.497 e. The second-order valence-corrected chi connectivity index (χ2v) is 3.77. The van der Waals surface area contributed by atoms with Gasteiger partial charge in [-0.2, -0.15) is 5.26 Å². The molecule has 0 bridgehead atoms. The number of hydrogen-bond acceptors (Lipinski definition) is 3. The van der Waals surface area contributed by atoms with Crippen molar-refractivity contribution in [2.75, 3.05) is 7.11 Å². The number of methoxy groups -OCH3 is 1. The first kappa shape index (κ1) is 13.1. The zero-order chi connectivity index (χ0) is 12.8. The van der Waals surface area contributed by atoms with E-state index in [4.69, 9.17) is 27.3 Å². The first-order valence-electron chi connectivity index (χ1n) is 4.97. The highest BCUT2D eigenvalue weighted by molar-refractivity contribution is 6.33. The van der Waals surface area contributed by atoms with E-state index in [2.05, 4.69) is 0 Å². The molecule has 0 amide bonds. The fourth-order valence-electron chi connectivity index (χ4n) is 1.40. The average Bonchev–Trinajstić information content (AvgIpc) is 2.39. The lowest BCUT2D eigenvalue weighted by molar-refractivity contribution is 0.414. The van der Waals surface area contributed by atoms with Gasteiger partial charge in [-0.3, -0.25) is 0 Å². The smallest absolute Gasteiger partial charge is 0.119 e. The van der Waals surface area contributed by atoms with Crippen molar-refractivity contribution in [3.8, 4) is 11.8 Å².